The Bertz CT molecular complexity index is 1150. The van der Waals surface area contributed by atoms with Gasteiger partial charge in [0.15, 0.2) is 11.5 Å². The van der Waals surface area contributed by atoms with Crippen molar-refractivity contribution >= 4 is 17.4 Å². The van der Waals surface area contributed by atoms with Crippen LogP contribution in [-0.2, 0) is 4.79 Å². The molecule has 2 aromatic heterocycles. The minimum Gasteiger partial charge on any atom is -0.352 e. The second-order valence-electron chi connectivity index (χ2n) is 7.30. The molecule has 1 aromatic carbocycles. The molecule has 0 radical (unpaired) electrons. The van der Waals surface area contributed by atoms with E-state index in [1.54, 1.807) is 33.7 Å². The van der Waals surface area contributed by atoms with E-state index >= 15 is 0 Å². The number of rotatable bonds is 3. The number of carbonyl (C=O) groups excluding carboxylic acids is 1. The standard InChI is InChI=1S/C21H17F4N5O/c22-14-6-4-13(5-7-14)15-8-10-29(12-16(15)27-20(31)21(23,24)25)19-17(11-26)30-9-2-1-3-18(30)28-19/h1-7,9,15-16H,8,10,12H2,(H,27,31). The molecule has 1 saturated heterocycles. The average molecular weight is 431 g/mol. The number of amides is 1. The van der Waals surface area contributed by atoms with E-state index in [0.29, 0.717) is 30.0 Å². The van der Waals surface area contributed by atoms with Gasteiger partial charge in [0.2, 0.25) is 0 Å². The number of carbonyl (C=O) groups is 1. The second-order valence-corrected chi connectivity index (χ2v) is 7.30. The molecular formula is C21H17F4N5O. The minimum absolute atomic E-state index is 0.0163. The zero-order valence-corrected chi connectivity index (χ0v) is 16.1. The van der Waals surface area contributed by atoms with E-state index < -0.39 is 29.9 Å². The topological polar surface area (TPSA) is 73.4 Å². The summed E-state index contributed by atoms with van der Waals surface area (Å²) >= 11 is 0. The van der Waals surface area contributed by atoms with E-state index in [4.69, 9.17) is 0 Å². The highest BCUT2D eigenvalue weighted by molar-refractivity contribution is 5.82. The fraction of sp³-hybridized carbons (Fsp3) is 0.286. The summed E-state index contributed by atoms with van der Waals surface area (Å²) in [5.41, 5.74) is 1.42. The van der Waals surface area contributed by atoms with Gasteiger partial charge in [0.25, 0.3) is 0 Å². The summed E-state index contributed by atoms with van der Waals surface area (Å²) in [4.78, 5) is 17.8. The predicted molar refractivity (Wildman–Crippen MR) is 104 cm³/mol. The van der Waals surface area contributed by atoms with Crippen LogP contribution in [0.15, 0.2) is 48.7 Å². The third-order valence-corrected chi connectivity index (χ3v) is 5.40. The number of halogens is 4. The van der Waals surface area contributed by atoms with Gasteiger partial charge in [0.05, 0.1) is 6.04 Å². The largest absolute Gasteiger partial charge is 0.471 e. The lowest BCUT2D eigenvalue weighted by atomic mass is 9.85. The molecule has 0 bridgehead atoms. The number of hydrogen-bond acceptors (Lipinski definition) is 4. The molecule has 2 atom stereocenters. The van der Waals surface area contributed by atoms with Gasteiger partial charge in [-0.05, 0) is 36.2 Å². The van der Waals surface area contributed by atoms with Crippen LogP contribution < -0.4 is 10.2 Å². The molecule has 3 heterocycles. The molecule has 31 heavy (non-hydrogen) atoms. The number of alkyl halides is 3. The van der Waals surface area contributed by atoms with Crippen LogP contribution in [0.25, 0.3) is 5.65 Å². The number of nitriles is 1. The van der Waals surface area contributed by atoms with E-state index in [-0.39, 0.29) is 12.2 Å². The van der Waals surface area contributed by atoms with Crippen molar-refractivity contribution in [2.75, 3.05) is 18.0 Å². The van der Waals surface area contributed by atoms with Crippen molar-refractivity contribution in [1.82, 2.24) is 14.7 Å². The number of benzene rings is 1. The molecule has 10 heteroatoms. The number of nitrogens with one attached hydrogen (secondary N) is 1. The SMILES string of the molecule is N#Cc1c(N2CCC(c3ccc(F)cc3)C(NC(=O)C(F)(F)F)C2)nc2ccccn12. The summed E-state index contributed by atoms with van der Waals surface area (Å²) in [6.07, 6.45) is -2.97. The van der Waals surface area contributed by atoms with Gasteiger partial charge >= 0.3 is 12.1 Å². The van der Waals surface area contributed by atoms with Crippen LogP contribution in [0.4, 0.5) is 23.4 Å². The molecule has 3 aromatic rings. The Hall–Kier alpha value is -3.61. The maximum absolute atomic E-state index is 13.3. The zero-order valence-electron chi connectivity index (χ0n) is 16.1. The smallest absolute Gasteiger partial charge is 0.352 e. The Morgan fingerprint density at radius 1 is 1.19 bits per heavy atom. The van der Waals surface area contributed by atoms with E-state index in [1.165, 1.54) is 24.3 Å². The normalized spacial score (nSPS) is 19.3. The quantitative estimate of drug-likeness (QED) is 0.646. The molecule has 1 amide bonds. The first kappa shape index (κ1) is 20.7. The molecular weight excluding hydrogens is 414 g/mol. The average Bonchev–Trinajstić information content (AvgIpc) is 3.12. The van der Waals surface area contributed by atoms with Crippen LogP contribution in [0, 0.1) is 17.1 Å². The van der Waals surface area contributed by atoms with Crippen molar-refractivity contribution in [3.05, 3.63) is 65.7 Å². The minimum atomic E-state index is -5.03. The number of imidazole rings is 1. The van der Waals surface area contributed by atoms with Crippen molar-refractivity contribution in [2.24, 2.45) is 0 Å². The second kappa shape index (κ2) is 7.91. The highest BCUT2D eigenvalue weighted by Crippen LogP contribution is 2.33. The first-order valence-electron chi connectivity index (χ1n) is 9.53. The molecule has 0 saturated carbocycles. The van der Waals surface area contributed by atoms with Gasteiger partial charge in [-0.25, -0.2) is 9.37 Å². The van der Waals surface area contributed by atoms with Crippen molar-refractivity contribution in [3.63, 3.8) is 0 Å². The monoisotopic (exact) mass is 431 g/mol. The van der Waals surface area contributed by atoms with Gasteiger partial charge in [-0.3, -0.25) is 9.20 Å². The Morgan fingerprint density at radius 2 is 1.94 bits per heavy atom. The lowest BCUT2D eigenvalue weighted by molar-refractivity contribution is -0.174. The molecule has 1 aliphatic rings. The van der Waals surface area contributed by atoms with E-state index in [0.717, 1.165) is 0 Å². The van der Waals surface area contributed by atoms with E-state index in [1.807, 2.05) is 0 Å². The number of nitrogens with zero attached hydrogens (tertiary/aromatic N) is 4. The summed E-state index contributed by atoms with van der Waals surface area (Å²) in [5.74, 6) is -2.61. The third-order valence-electron chi connectivity index (χ3n) is 5.40. The Labute approximate surface area is 174 Å². The van der Waals surface area contributed by atoms with Crippen molar-refractivity contribution in [3.8, 4) is 6.07 Å². The fourth-order valence-electron chi connectivity index (χ4n) is 3.96. The van der Waals surface area contributed by atoms with E-state index in [2.05, 4.69) is 16.4 Å². The molecule has 1 aliphatic heterocycles. The molecule has 160 valence electrons. The van der Waals surface area contributed by atoms with Crippen molar-refractivity contribution in [1.29, 1.82) is 5.26 Å². The number of aromatic nitrogens is 2. The zero-order chi connectivity index (χ0) is 22.2. The van der Waals surface area contributed by atoms with Crippen LogP contribution in [0.5, 0.6) is 0 Å². The van der Waals surface area contributed by atoms with Crippen molar-refractivity contribution < 1.29 is 22.4 Å². The number of anilines is 1. The molecule has 0 aliphatic carbocycles. The van der Waals surface area contributed by atoms with Gasteiger partial charge < -0.3 is 10.2 Å². The number of pyridine rings is 1. The summed E-state index contributed by atoms with van der Waals surface area (Å²) in [5, 5.41) is 11.7. The first-order chi connectivity index (χ1) is 14.8. The lowest BCUT2D eigenvalue weighted by Crippen LogP contribution is -2.54. The van der Waals surface area contributed by atoms with Crippen LogP contribution in [0.1, 0.15) is 23.6 Å². The third kappa shape index (κ3) is 4.03. The highest BCUT2D eigenvalue weighted by atomic mass is 19.4. The maximum Gasteiger partial charge on any atom is 0.471 e. The highest BCUT2D eigenvalue weighted by Gasteiger charge is 2.42. The summed E-state index contributed by atoms with van der Waals surface area (Å²) in [6, 6.07) is 11.9. The lowest BCUT2D eigenvalue weighted by Gasteiger charge is -2.39. The molecule has 1 N–H and O–H groups in total. The van der Waals surface area contributed by atoms with Crippen LogP contribution >= 0.6 is 0 Å². The number of fused-ring (bicyclic) bond motifs is 1. The van der Waals surface area contributed by atoms with Gasteiger partial charge in [0, 0.05) is 25.2 Å². The molecule has 4 rings (SSSR count). The predicted octanol–water partition coefficient (Wildman–Crippen LogP) is 3.39. The molecule has 0 spiro atoms. The van der Waals surface area contributed by atoms with Gasteiger partial charge in [-0.1, -0.05) is 18.2 Å². The molecule has 6 nitrogen and oxygen atoms in total. The van der Waals surface area contributed by atoms with Crippen LogP contribution in [0.2, 0.25) is 0 Å². The molecule has 1 fully saturated rings. The Kier molecular flexibility index (Phi) is 5.27. The van der Waals surface area contributed by atoms with Gasteiger partial charge in [0.1, 0.15) is 17.5 Å². The van der Waals surface area contributed by atoms with Crippen LogP contribution in [0.3, 0.4) is 0 Å². The summed E-state index contributed by atoms with van der Waals surface area (Å²) in [7, 11) is 0. The van der Waals surface area contributed by atoms with E-state index in [9.17, 15) is 27.6 Å². The van der Waals surface area contributed by atoms with Crippen molar-refractivity contribution in [2.45, 2.75) is 24.6 Å². The Balaban J connectivity index is 1.67. The maximum atomic E-state index is 13.3. The summed E-state index contributed by atoms with van der Waals surface area (Å²) in [6.45, 7) is 0.418. The van der Waals surface area contributed by atoms with Gasteiger partial charge in [-0.2, -0.15) is 18.4 Å². The van der Waals surface area contributed by atoms with Crippen LogP contribution in [-0.4, -0.2) is 40.6 Å². The number of piperidine rings is 1. The first-order valence-corrected chi connectivity index (χ1v) is 9.53. The Morgan fingerprint density at radius 3 is 2.61 bits per heavy atom. The fourth-order valence-corrected chi connectivity index (χ4v) is 3.96. The number of hydrogen-bond donors (Lipinski definition) is 1. The molecule has 2 unspecified atom stereocenters. The van der Waals surface area contributed by atoms with Gasteiger partial charge in [-0.15, -0.1) is 0 Å². The summed E-state index contributed by atoms with van der Waals surface area (Å²) < 4.78 is 53.7.